The number of aromatic nitrogens is 1. The summed E-state index contributed by atoms with van der Waals surface area (Å²) in [5.74, 6) is 0.0993. The number of anilines is 1. The molecule has 0 fully saturated rings. The predicted molar refractivity (Wildman–Crippen MR) is 103 cm³/mol. The van der Waals surface area contributed by atoms with Crippen molar-refractivity contribution in [2.75, 3.05) is 59.8 Å². The topological polar surface area (TPSA) is 62.0 Å². The van der Waals surface area contributed by atoms with E-state index in [-0.39, 0.29) is 17.4 Å². The average molecular weight is 378 g/mol. The number of nitrogens with zero attached hydrogens (tertiary/aromatic N) is 4. The minimum atomic E-state index is -0.485. The van der Waals surface area contributed by atoms with E-state index >= 15 is 0 Å². The molecule has 0 aliphatic heterocycles. The smallest absolute Gasteiger partial charge is 0.261 e. The van der Waals surface area contributed by atoms with Gasteiger partial charge >= 0.3 is 0 Å². The zero-order valence-electron chi connectivity index (χ0n) is 16.7. The number of rotatable bonds is 8. The molecule has 7 nitrogen and oxygen atoms in total. The Morgan fingerprint density at radius 3 is 2.52 bits per heavy atom. The Hall–Kier alpha value is -2.61. The number of benzene rings is 1. The van der Waals surface area contributed by atoms with Crippen molar-refractivity contribution in [2.24, 2.45) is 0 Å². The van der Waals surface area contributed by atoms with E-state index < -0.39 is 5.82 Å². The van der Waals surface area contributed by atoms with Crippen LogP contribution in [0.15, 0.2) is 22.7 Å². The highest BCUT2D eigenvalue weighted by atomic mass is 19.1. The number of halogens is 1. The van der Waals surface area contributed by atoms with E-state index in [1.165, 1.54) is 19.2 Å². The van der Waals surface area contributed by atoms with Gasteiger partial charge in [-0.25, -0.2) is 4.39 Å². The van der Waals surface area contributed by atoms with Gasteiger partial charge in [-0.1, -0.05) is 12.1 Å². The van der Waals surface area contributed by atoms with Gasteiger partial charge in [-0.15, -0.1) is 0 Å². The average Bonchev–Trinajstić information content (AvgIpc) is 3.10. The van der Waals surface area contributed by atoms with Crippen molar-refractivity contribution < 1.29 is 18.4 Å². The van der Waals surface area contributed by atoms with Crippen molar-refractivity contribution in [1.82, 2.24) is 15.0 Å². The minimum Gasteiger partial charge on any atom is -0.494 e. The number of carbonyl (C=O) groups excluding carboxylic acids is 1. The Morgan fingerprint density at radius 1 is 1.22 bits per heavy atom. The first-order valence-corrected chi connectivity index (χ1v) is 8.75. The maximum atomic E-state index is 13.8. The lowest BCUT2D eigenvalue weighted by atomic mass is 10.1. The molecule has 0 radical (unpaired) electrons. The van der Waals surface area contributed by atoms with E-state index in [0.717, 1.165) is 13.1 Å². The van der Waals surface area contributed by atoms with Crippen LogP contribution in [-0.4, -0.2) is 75.8 Å². The van der Waals surface area contributed by atoms with Gasteiger partial charge in [0.1, 0.15) is 5.56 Å². The quantitative estimate of drug-likeness (QED) is 0.704. The van der Waals surface area contributed by atoms with E-state index in [0.29, 0.717) is 23.5 Å². The zero-order valence-corrected chi connectivity index (χ0v) is 16.7. The van der Waals surface area contributed by atoms with Crippen LogP contribution in [0.2, 0.25) is 0 Å². The van der Waals surface area contributed by atoms with E-state index in [1.807, 2.05) is 7.05 Å². The standard InChI is InChI=1S/C19H27FN4O3/c1-7-23(4)10-11-24(5)19(25)16-17(27-21-18(16)22(2)3)13-8-9-14(20)15(12-13)26-6/h8-9,12H,7,10-11H2,1-6H3. The van der Waals surface area contributed by atoms with Crippen molar-refractivity contribution in [1.29, 1.82) is 0 Å². The van der Waals surface area contributed by atoms with E-state index in [4.69, 9.17) is 9.26 Å². The molecular formula is C19H27FN4O3. The summed E-state index contributed by atoms with van der Waals surface area (Å²) in [5, 5.41) is 4.04. The molecule has 0 saturated carbocycles. The van der Waals surface area contributed by atoms with Gasteiger partial charge in [0.2, 0.25) is 0 Å². The monoisotopic (exact) mass is 378 g/mol. The van der Waals surface area contributed by atoms with Gasteiger partial charge in [0, 0.05) is 39.8 Å². The van der Waals surface area contributed by atoms with Crippen LogP contribution in [-0.2, 0) is 0 Å². The van der Waals surface area contributed by atoms with Crippen molar-refractivity contribution in [3.8, 4) is 17.1 Å². The summed E-state index contributed by atoms with van der Waals surface area (Å²) in [4.78, 5) is 18.6. The van der Waals surface area contributed by atoms with Crippen LogP contribution in [0.3, 0.4) is 0 Å². The molecule has 1 amide bonds. The molecule has 27 heavy (non-hydrogen) atoms. The number of ether oxygens (including phenoxy) is 1. The minimum absolute atomic E-state index is 0.0756. The highest BCUT2D eigenvalue weighted by Gasteiger charge is 2.28. The molecule has 8 heteroatoms. The normalized spacial score (nSPS) is 11.0. The Balaban J connectivity index is 2.42. The second-order valence-electron chi connectivity index (χ2n) is 6.58. The molecule has 1 heterocycles. The van der Waals surface area contributed by atoms with E-state index in [9.17, 15) is 9.18 Å². The first-order valence-electron chi connectivity index (χ1n) is 8.75. The first-order chi connectivity index (χ1) is 12.8. The molecule has 0 N–H and O–H groups in total. The van der Waals surface area contributed by atoms with Crippen LogP contribution < -0.4 is 9.64 Å². The molecule has 2 aromatic rings. The summed E-state index contributed by atoms with van der Waals surface area (Å²) >= 11 is 0. The highest BCUT2D eigenvalue weighted by Crippen LogP contribution is 2.34. The lowest BCUT2D eigenvalue weighted by molar-refractivity contribution is 0.0784. The molecular weight excluding hydrogens is 351 g/mol. The molecule has 0 atom stereocenters. The molecule has 0 aliphatic carbocycles. The molecule has 148 valence electrons. The van der Waals surface area contributed by atoms with Crippen LogP contribution >= 0.6 is 0 Å². The fourth-order valence-electron chi connectivity index (χ4n) is 2.55. The fourth-order valence-corrected chi connectivity index (χ4v) is 2.55. The Kier molecular flexibility index (Phi) is 6.79. The van der Waals surface area contributed by atoms with Crippen LogP contribution in [0.5, 0.6) is 5.75 Å². The van der Waals surface area contributed by atoms with E-state index in [1.54, 1.807) is 37.0 Å². The maximum Gasteiger partial charge on any atom is 0.261 e. The second-order valence-corrected chi connectivity index (χ2v) is 6.58. The molecule has 0 spiro atoms. The van der Waals surface area contributed by atoms with Gasteiger partial charge in [-0.05, 0) is 31.8 Å². The molecule has 0 unspecified atom stereocenters. The number of likely N-dealkylation sites (N-methyl/N-ethyl adjacent to an activating group) is 2. The van der Waals surface area contributed by atoms with Gasteiger partial charge in [-0.2, -0.15) is 0 Å². The third-order valence-corrected chi connectivity index (χ3v) is 4.43. The number of carbonyl (C=O) groups is 1. The molecule has 1 aromatic carbocycles. The lowest BCUT2D eigenvalue weighted by Crippen LogP contribution is -2.35. The van der Waals surface area contributed by atoms with Crippen LogP contribution in [0.4, 0.5) is 10.2 Å². The zero-order chi connectivity index (χ0) is 20.1. The maximum absolute atomic E-state index is 13.8. The predicted octanol–water partition coefficient (Wildman–Crippen LogP) is 2.58. The van der Waals surface area contributed by atoms with Crippen LogP contribution in [0.1, 0.15) is 17.3 Å². The SMILES string of the molecule is CCN(C)CCN(C)C(=O)c1c(N(C)C)noc1-c1ccc(F)c(OC)c1. The molecule has 0 saturated heterocycles. The Morgan fingerprint density at radius 2 is 1.93 bits per heavy atom. The van der Waals surface area contributed by atoms with Crippen molar-refractivity contribution >= 4 is 11.7 Å². The number of hydrogen-bond donors (Lipinski definition) is 0. The van der Waals surface area contributed by atoms with Gasteiger partial charge in [0.15, 0.2) is 23.1 Å². The van der Waals surface area contributed by atoms with E-state index in [2.05, 4.69) is 17.0 Å². The fraction of sp³-hybridized carbons (Fsp3) is 0.474. The summed E-state index contributed by atoms with van der Waals surface area (Å²) < 4.78 is 24.3. The summed E-state index contributed by atoms with van der Waals surface area (Å²) in [6.45, 7) is 4.28. The summed E-state index contributed by atoms with van der Waals surface area (Å²) in [5.41, 5.74) is 0.867. The van der Waals surface area contributed by atoms with Gasteiger partial charge < -0.3 is 24.0 Å². The van der Waals surface area contributed by atoms with Crippen molar-refractivity contribution in [3.63, 3.8) is 0 Å². The number of hydrogen-bond acceptors (Lipinski definition) is 6. The highest BCUT2D eigenvalue weighted by molar-refractivity contribution is 6.04. The third-order valence-electron chi connectivity index (χ3n) is 4.43. The first kappa shape index (κ1) is 20.7. The largest absolute Gasteiger partial charge is 0.494 e. The molecule has 2 rings (SSSR count). The van der Waals surface area contributed by atoms with Gasteiger partial charge in [0.05, 0.1) is 7.11 Å². The van der Waals surface area contributed by atoms with Crippen LogP contribution in [0, 0.1) is 5.82 Å². The second kappa shape index (κ2) is 8.85. The molecule has 0 bridgehead atoms. The number of amides is 1. The van der Waals surface area contributed by atoms with Gasteiger partial charge in [0.25, 0.3) is 5.91 Å². The summed E-state index contributed by atoms with van der Waals surface area (Å²) in [6, 6.07) is 4.32. The van der Waals surface area contributed by atoms with Crippen molar-refractivity contribution in [3.05, 3.63) is 29.6 Å². The molecule has 0 aliphatic rings. The van der Waals surface area contributed by atoms with Crippen molar-refractivity contribution in [2.45, 2.75) is 6.92 Å². The Labute approximate surface area is 159 Å². The summed E-state index contributed by atoms with van der Waals surface area (Å²) in [6.07, 6.45) is 0. The lowest BCUT2D eigenvalue weighted by Gasteiger charge is -2.22. The van der Waals surface area contributed by atoms with Gasteiger partial charge in [-0.3, -0.25) is 4.79 Å². The third kappa shape index (κ3) is 4.57. The number of methoxy groups -OCH3 is 1. The Bertz CT molecular complexity index is 791. The summed E-state index contributed by atoms with van der Waals surface area (Å²) in [7, 11) is 8.70. The van der Waals surface area contributed by atoms with Crippen LogP contribution in [0.25, 0.3) is 11.3 Å². The molecule has 1 aromatic heterocycles.